The monoisotopic (exact) mass is 279 g/mol. The summed E-state index contributed by atoms with van der Waals surface area (Å²) in [6.45, 7) is 0. The van der Waals surface area contributed by atoms with Crippen LogP contribution in [0.15, 0.2) is 65.7 Å². The molecule has 0 atom stereocenters. The molecule has 4 nitrogen and oxygen atoms in total. The molecule has 4 aromatic rings. The molecule has 0 amide bonds. The number of fused-ring (bicyclic) bond motifs is 1. The highest BCUT2D eigenvalue weighted by Crippen LogP contribution is 2.32. The smallest absolute Gasteiger partial charge is 0.306 e. The molecule has 0 aliphatic carbocycles. The lowest BCUT2D eigenvalue weighted by molar-refractivity contribution is 0.596. The van der Waals surface area contributed by atoms with Gasteiger partial charge < -0.3 is 4.42 Å². The van der Waals surface area contributed by atoms with Crippen LogP contribution in [0.25, 0.3) is 28.4 Å². The topological polar surface area (TPSA) is 43.3 Å². The molecular weight excluding hydrogens is 269 g/mol. The van der Waals surface area contributed by atoms with Gasteiger partial charge in [0.15, 0.2) is 0 Å². The molecule has 1 aromatic carbocycles. The van der Waals surface area contributed by atoms with Crippen LogP contribution in [0, 0.1) is 5.82 Å². The van der Waals surface area contributed by atoms with E-state index in [0.29, 0.717) is 5.84 Å². The van der Waals surface area contributed by atoms with Gasteiger partial charge in [-0.2, -0.15) is 4.98 Å². The second kappa shape index (κ2) is 4.56. The van der Waals surface area contributed by atoms with Crippen LogP contribution < -0.4 is 0 Å². The number of rotatable bonds is 2. The quantitative estimate of drug-likeness (QED) is 0.560. The van der Waals surface area contributed by atoms with E-state index in [4.69, 9.17) is 4.42 Å². The van der Waals surface area contributed by atoms with Crippen molar-refractivity contribution < 1.29 is 8.81 Å². The zero-order valence-corrected chi connectivity index (χ0v) is 10.9. The molecule has 0 unspecified atom stereocenters. The van der Waals surface area contributed by atoms with Crippen LogP contribution in [0.3, 0.4) is 0 Å². The molecule has 102 valence electrons. The number of hydrogen-bond donors (Lipinski definition) is 0. The van der Waals surface area contributed by atoms with Gasteiger partial charge in [0.25, 0.3) is 0 Å². The van der Waals surface area contributed by atoms with Crippen LogP contribution in [-0.2, 0) is 0 Å². The first-order chi connectivity index (χ1) is 10.3. The van der Waals surface area contributed by atoms with E-state index < -0.39 is 0 Å². The Bertz CT molecular complexity index is 894. The number of pyridine rings is 1. The van der Waals surface area contributed by atoms with Gasteiger partial charge in [0.05, 0.1) is 5.69 Å². The van der Waals surface area contributed by atoms with Crippen molar-refractivity contribution in [3.05, 3.63) is 67.1 Å². The van der Waals surface area contributed by atoms with Crippen molar-refractivity contribution in [3.8, 4) is 22.5 Å². The molecule has 21 heavy (non-hydrogen) atoms. The fourth-order valence-electron chi connectivity index (χ4n) is 2.38. The highest BCUT2D eigenvalue weighted by Gasteiger charge is 2.17. The van der Waals surface area contributed by atoms with Crippen LogP contribution in [0.5, 0.6) is 0 Å². The van der Waals surface area contributed by atoms with Crippen LogP contribution in [-0.4, -0.2) is 14.4 Å². The van der Waals surface area contributed by atoms with Crippen LogP contribution in [0.2, 0.25) is 0 Å². The molecule has 0 saturated heterocycles. The normalized spacial score (nSPS) is 11.1. The number of nitrogens with zero attached hydrogens (tertiary/aromatic N) is 3. The summed E-state index contributed by atoms with van der Waals surface area (Å²) in [6.07, 6.45) is 6.85. The van der Waals surface area contributed by atoms with E-state index in [1.165, 1.54) is 12.1 Å². The van der Waals surface area contributed by atoms with Gasteiger partial charge in [-0.05, 0) is 36.4 Å². The standard InChI is InChI=1S/C16H10FN3O/c17-13-3-1-11(2-4-13)14-15(12-5-7-18-8-6-12)20-9-10-21-16(20)19-14/h1-10H. The van der Waals surface area contributed by atoms with Crippen molar-refractivity contribution in [1.82, 2.24) is 14.4 Å². The van der Waals surface area contributed by atoms with E-state index >= 15 is 0 Å². The fourth-order valence-corrected chi connectivity index (χ4v) is 2.38. The van der Waals surface area contributed by atoms with Crippen molar-refractivity contribution in [2.75, 3.05) is 0 Å². The summed E-state index contributed by atoms with van der Waals surface area (Å²) in [6, 6.07) is 10.1. The van der Waals surface area contributed by atoms with E-state index in [2.05, 4.69) is 9.97 Å². The van der Waals surface area contributed by atoms with Crippen molar-refractivity contribution >= 4 is 5.84 Å². The fraction of sp³-hybridized carbons (Fsp3) is 0. The predicted octanol–water partition coefficient (Wildman–Crippen LogP) is 3.80. The Labute approximate surface area is 119 Å². The van der Waals surface area contributed by atoms with Gasteiger partial charge in [-0.3, -0.25) is 9.38 Å². The molecule has 0 bridgehead atoms. The first kappa shape index (κ1) is 11.8. The number of oxazole rings is 1. The van der Waals surface area contributed by atoms with Crippen LogP contribution >= 0.6 is 0 Å². The number of aromatic nitrogens is 3. The van der Waals surface area contributed by atoms with Crippen molar-refractivity contribution in [2.45, 2.75) is 0 Å². The maximum Gasteiger partial charge on any atom is 0.306 e. The van der Waals surface area contributed by atoms with Crippen molar-refractivity contribution in [3.63, 3.8) is 0 Å². The van der Waals surface area contributed by atoms with E-state index in [-0.39, 0.29) is 5.82 Å². The predicted molar refractivity (Wildman–Crippen MR) is 76.1 cm³/mol. The Morgan fingerprint density at radius 3 is 2.48 bits per heavy atom. The Morgan fingerprint density at radius 1 is 0.952 bits per heavy atom. The highest BCUT2D eigenvalue weighted by molar-refractivity contribution is 5.80. The van der Waals surface area contributed by atoms with E-state index in [9.17, 15) is 4.39 Å². The minimum Gasteiger partial charge on any atom is -0.432 e. The zero-order valence-electron chi connectivity index (χ0n) is 10.9. The lowest BCUT2D eigenvalue weighted by Gasteiger charge is -2.04. The maximum atomic E-state index is 13.1. The minimum absolute atomic E-state index is 0.271. The number of imidazole rings is 1. The molecular formula is C16H10FN3O. The third-order valence-electron chi connectivity index (χ3n) is 3.33. The molecule has 0 radical (unpaired) electrons. The van der Waals surface area contributed by atoms with Crippen LogP contribution in [0.1, 0.15) is 0 Å². The highest BCUT2D eigenvalue weighted by atomic mass is 19.1. The second-order valence-electron chi connectivity index (χ2n) is 4.61. The summed E-state index contributed by atoms with van der Waals surface area (Å²) < 4.78 is 20.4. The lowest BCUT2D eigenvalue weighted by Crippen LogP contribution is -1.88. The van der Waals surface area contributed by atoms with Crippen molar-refractivity contribution in [2.24, 2.45) is 0 Å². The summed E-state index contributed by atoms with van der Waals surface area (Å²) in [4.78, 5) is 8.54. The Kier molecular flexibility index (Phi) is 2.57. The summed E-state index contributed by atoms with van der Waals surface area (Å²) in [5, 5.41) is 0. The summed E-state index contributed by atoms with van der Waals surface area (Å²) >= 11 is 0. The minimum atomic E-state index is -0.271. The molecule has 4 rings (SSSR count). The summed E-state index contributed by atoms with van der Waals surface area (Å²) in [5.74, 6) is 0.230. The Balaban J connectivity index is 2.01. The van der Waals surface area contributed by atoms with Gasteiger partial charge in [-0.25, -0.2) is 4.39 Å². The van der Waals surface area contributed by atoms with E-state index in [1.807, 2.05) is 22.7 Å². The average molecular weight is 279 g/mol. The van der Waals surface area contributed by atoms with E-state index in [0.717, 1.165) is 22.5 Å². The van der Waals surface area contributed by atoms with Gasteiger partial charge >= 0.3 is 5.84 Å². The number of benzene rings is 1. The average Bonchev–Trinajstić information content (AvgIpc) is 3.09. The molecule has 0 aliphatic heterocycles. The first-order valence-electron chi connectivity index (χ1n) is 6.45. The summed E-state index contributed by atoms with van der Waals surface area (Å²) in [5.41, 5.74) is 3.45. The van der Waals surface area contributed by atoms with Gasteiger partial charge in [0.1, 0.15) is 17.8 Å². The van der Waals surface area contributed by atoms with Crippen LogP contribution in [0.4, 0.5) is 4.39 Å². The largest absolute Gasteiger partial charge is 0.432 e. The zero-order chi connectivity index (χ0) is 14.2. The Morgan fingerprint density at radius 2 is 1.71 bits per heavy atom. The number of halogens is 1. The van der Waals surface area contributed by atoms with Crippen molar-refractivity contribution in [1.29, 1.82) is 0 Å². The molecule has 5 heteroatoms. The molecule has 0 saturated carbocycles. The molecule has 3 aromatic heterocycles. The molecule has 0 N–H and O–H groups in total. The molecule has 0 aliphatic rings. The molecule has 0 spiro atoms. The third-order valence-corrected chi connectivity index (χ3v) is 3.33. The first-order valence-corrected chi connectivity index (χ1v) is 6.45. The van der Waals surface area contributed by atoms with Gasteiger partial charge in [-0.15, -0.1) is 0 Å². The van der Waals surface area contributed by atoms with Gasteiger partial charge in [0, 0.05) is 29.7 Å². The number of hydrogen-bond acceptors (Lipinski definition) is 3. The third kappa shape index (κ3) is 1.90. The molecule has 3 heterocycles. The molecule has 0 fully saturated rings. The second-order valence-corrected chi connectivity index (χ2v) is 4.61. The Hall–Kier alpha value is -2.95. The SMILES string of the molecule is Fc1ccc(-c2nc3occn3c2-c2ccncc2)cc1. The maximum absolute atomic E-state index is 13.1. The van der Waals surface area contributed by atoms with Gasteiger partial charge in [-0.1, -0.05) is 0 Å². The lowest BCUT2D eigenvalue weighted by atomic mass is 10.1. The summed E-state index contributed by atoms with van der Waals surface area (Å²) in [7, 11) is 0. The van der Waals surface area contributed by atoms with E-state index in [1.54, 1.807) is 30.8 Å². The van der Waals surface area contributed by atoms with Gasteiger partial charge in [0.2, 0.25) is 0 Å².